The zero-order valence-corrected chi connectivity index (χ0v) is 10.2. The summed E-state index contributed by atoms with van der Waals surface area (Å²) in [5.74, 6) is -1.08. The van der Waals surface area contributed by atoms with Crippen molar-refractivity contribution in [2.75, 3.05) is 19.6 Å². The summed E-state index contributed by atoms with van der Waals surface area (Å²) in [6, 6.07) is 0. The van der Waals surface area contributed by atoms with E-state index in [-0.39, 0.29) is 11.6 Å². The second kappa shape index (κ2) is 7.38. The van der Waals surface area contributed by atoms with Crippen molar-refractivity contribution in [1.82, 2.24) is 25.6 Å². The van der Waals surface area contributed by atoms with E-state index in [4.69, 9.17) is 5.11 Å². The predicted molar refractivity (Wildman–Crippen MR) is 63.2 cm³/mol. The molecular formula is C10H17N5O3. The van der Waals surface area contributed by atoms with Crippen molar-refractivity contribution in [2.45, 2.75) is 19.9 Å². The van der Waals surface area contributed by atoms with E-state index in [0.29, 0.717) is 32.6 Å². The molecule has 0 aliphatic heterocycles. The van der Waals surface area contributed by atoms with Gasteiger partial charge in [0.05, 0.1) is 12.7 Å². The molecule has 0 aromatic carbocycles. The number of carbonyl (C=O) groups is 2. The number of nitrogens with one attached hydrogen (secondary N) is 2. The highest BCUT2D eigenvalue weighted by molar-refractivity contribution is 5.84. The molecule has 0 fully saturated rings. The average molecular weight is 255 g/mol. The van der Waals surface area contributed by atoms with Gasteiger partial charge in [-0.3, -0.25) is 9.48 Å². The smallest absolute Gasteiger partial charge is 0.358 e. The highest BCUT2D eigenvalue weighted by atomic mass is 16.4. The molecule has 100 valence electrons. The second-order valence-corrected chi connectivity index (χ2v) is 3.63. The predicted octanol–water partition coefficient (Wildman–Crippen LogP) is -0.908. The summed E-state index contributed by atoms with van der Waals surface area (Å²) < 4.78 is 1.45. The van der Waals surface area contributed by atoms with Gasteiger partial charge in [-0.05, 0) is 6.92 Å². The van der Waals surface area contributed by atoms with Gasteiger partial charge in [0.1, 0.15) is 0 Å². The summed E-state index contributed by atoms with van der Waals surface area (Å²) in [5, 5.41) is 21.6. The van der Waals surface area contributed by atoms with E-state index in [9.17, 15) is 9.59 Å². The molecule has 0 spiro atoms. The molecule has 0 atom stereocenters. The number of hydrogen-bond donors (Lipinski definition) is 3. The summed E-state index contributed by atoms with van der Waals surface area (Å²) in [6.45, 7) is 4.19. The minimum absolute atomic E-state index is 0.0129. The molecule has 18 heavy (non-hydrogen) atoms. The lowest BCUT2D eigenvalue weighted by Gasteiger charge is -2.04. The summed E-state index contributed by atoms with van der Waals surface area (Å²) in [4.78, 5) is 21.7. The number of aromatic nitrogens is 3. The molecule has 8 heteroatoms. The molecule has 1 aromatic rings. The number of carboxylic acid groups (broad SMARTS) is 1. The van der Waals surface area contributed by atoms with Crippen LogP contribution in [0, 0.1) is 0 Å². The number of aromatic carboxylic acids is 1. The van der Waals surface area contributed by atoms with Crippen molar-refractivity contribution >= 4 is 11.9 Å². The molecule has 0 radical (unpaired) electrons. The molecule has 0 aliphatic rings. The lowest BCUT2D eigenvalue weighted by molar-refractivity contribution is -0.120. The highest BCUT2D eigenvalue weighted by Crippen LogP contribution is 1.91. The maximum absolute atomic E-state index is 11.1. The number of amides is 1. The molecule has 8 nitrogen and oxygen atoms in total. The fraction of sp³-hybridized carbons (Fsp3) is 0.600. The van der Waals surface area contributed by atoms with E-state index in [1.165, 1.54) is 10.9 Å². The molecule has 0 aliphatic carbocycles. The lowest BCUT2D eigenvalue weighted by Crippen LogP contribution is -2.28. The molecule has 1 aromatic heterocycles. The van der Waals surface area contributed by atoms with Gasteiger partial charge in [-0.1, -0.05) is 5.21 Å². The Bertz CT molecular complexity index is 404. The molecule has 3 N–H and O–H groups in total. The Labute approximate surface area is 104 Å². The van der Waals surface area contributed by atoms with Gasteiger partial charge in [0, 0.05) is 26.1 Å². The average Bonchev–Trinajstić information content (AvgIpc) is 2.78. The summed E-state index contributed by atoms with van der Waals surface area (Å²) >= 11 is 0. The van der Waals surface area contributed by atoms with Crippen molar-refractivity contribution < 1.29 is 14.7 Å². The van der Waals surface area contributed by atoms with Crippen molar-refractivity contribution in [2.24, 2.45) is 0 Å². The van der Waals surface area contributed by atoms with Gasteiger partial charge in [0.2, 0.25) is 5.91 Å². The first-order chi connectivity index (χ1) is 8.63. The fourth-order valence-corrected chi connectivity index (χ4v) is 1.31. The van der Waals surface area contributed by atoms with Crippen molar-refractivity contribution in [1.29, 1.82) is 0 Å². The van der Waals surface area contributed by atoms with Gasteiger partial charge in [0.25, 0.3) is 0 Å². The first-order valence-electron chi connectivity index (χ1n) is 5.74. The maximum Gasteiger partial charge on any atom is 0.358 e. The van der Waals surface area contributed by atoms with E-state index in [1.807, 2.05) is 6.92 Å². The van der Waals surface area contributed by atoms with Crippen LogP contribution in [0.1, 0.15) is 23.8 Å². The van der Waals surface area contributed by atoms with E-state index >= 15 is 0 Å². The van der Waals surface area contributed by atoms with E-state index in [0.717, 1.165) is 0 Å². The van der Waals surface area contributed by atoms with Crippen LogP contribution in [0.5, 0.6) is 0 Å². The monoisotopic (exact) mass is 255 g/mol. The Morgan fingerprint density at radius 1 is 1.44 bits per heavy atom. The van der Waals surface area contributed by atoms with Crippen LogP contribution in [-0.2, 0) is 11.3 Å². The molecule has 0 unspecified atom stereocenters. The minimum atomic E-state index is -1.09. The van der Waals surface area contributed by atoms with Crippen molar-refractivity contribution in [3.63, 3.8) is 0 Å². The van der Waals surface area contributed by atoms with E-state index < -0.39 is 5.97 Å². The largest absolute Gasteiger partial charge is 0.476 e. The Kier molecular flexibility index (Phi) is 5.78. The van der Waals surface area contributed by atoms with Crippen LogP contribution >= 0.6 is 0 Å². The minimum Gasteiger partial charge on any atom is -0.476 e. The number of hydrogen-bond acceptors (Lipinski definition) is 5. The van der Waals surface area contributed by atoms with Crippen LogP contribution in [0.2, 0.25) is 0 Å². The molecule has 0 saturated heterocycles. The summed E-state index contributed by atoms with van der Waals surface area (Å²) in [7, 11) is 0. The van der Waals surface area contributed by atoms with Crippen LogP contribution in [0.3, 0.4) is 0 Å². The van der Waals surface area contributed by atoms with Gasteiger partial charge in [-0.2, -0.15) is 0 Å². The first kappa shape index (κ1) is 14.1. The molecule has 1 rings (SSSR count). The van der Waals surface area contributed by atoms with Crippen LogP contribution in [0.15, 0.2) is 6.20 Å². The van der Waals surface area contributed by atoms with Gasteiger partial charge >= 0.3 is 5.97 Å². The zero-order valence-electron chi connectivity index (χ0n) is 10.2. The number of nitrogens with zero attached hydrogens (tertiary/aromatic N) is 3. The summed E-state index contributed by atoms with van der Waals surface area (Å²) in [6.07, 6.45) is 1.79. The third-order valence-electron chi connectivity index (χ3n) is 2.18. The Morgan fingerprint density at radius 3 is 2.83 bits per heavy atom. The van der Waals surface area contributed by atoms with Crippen LogP contribution in [0.4, 0.5) is 0 Å². The standard InChI is InChI=1S/C10H17N5O3/c1-2-12-9(16)3-4-11-5-6-15-7-8(10(17)18)13-14-15/h7,11H,2-6H2,1H3,(H,12,16)(H,17,18). The third kappa shape index (κ3) is 4.91. The Morgan fingerprint density at radius 2 is 2.22 bits per heavy atom. The normalized spacial score (nSPS) is 10.3. The molecule has 1 heterocycles. The van der Waals surface area contributed by atoms with Crippen molar-refractivity contribution in [3.05, 3.63) is 11.9 Å². The fourth-order valence-electron chi connectivity index (χ4n) is 1.31. The van der Waals surface area contributed by atoms with Crippen LogP contribution in [0.25, 0.3) is 0 Å². The highest BCUT2D eigenvalue weighted by Gasteiger charge is 2.07. The molecule has 0 saturated carbocycles. The van der Waals surface area contributed by atoms with Gasteiger partial charge in [-0.25, -0.2) is 4.79 Å². The second-order valence-electron chi connectivity index (χ2n) is 3.63. The molecule has 1 amide bonds. The Balaban J connectivity index is 2.14. The van der Waals surface area contributed by atoms with Crippen LogP contribution in [-0.4, -0.2) is 51.6 Å². The molecular weight excluding hydrogens is 238 g/mol. The van der Waals surface area contributed by atoms with E-state index in [1.54, 1.807) is 0 Å². The van der Waals surface area contributed by atoms with Gasteiger partial charge < -0.3 is 15.7 Å². The van der Waals surface area contributed by atoms with E-state index in [2.05, 4.69) is 20.9 Å². The topological polar surface area (TPSA) is 109 Å². The van der Waals surface area contributed by atoms with Gasteiger partial charge in [0.15, 0.2) is 5.69 Å². The summed E-state index contributed by atoms with van der Waals surface area (Å²) in [5.41, 5.74) is -0.0719. The first-order valence-corrected chi connectivity index (χ1v) is 5.74. The van der Waals surface area contributed by atoms with Crippen LogP contribution < -0.4 is 10.6 Å². The number of carboxylic acids is 1. The quantitative estimate of drug-likeness (QED) is 0.519. The number of rotatable bonds is 8. The zero-order chi connectivity index (χ0) is 13.4. The Hall–Kier alpha value is -1.96. The third-order valence-corrected chi connectivity index (χ3v) is 2.18. The molecule has 0 bridgehead atoms. The maximum atomic E-state index is 11.1. The van der Waals surface area contributed by atoms with Crippen molar-refractivity contribution in [3.8, 4) is 0 Å². The van der Waals surface area contributed by atoms with Gasteiger partial charge in [-0.15, -0.1) is 5.10 Å². The SMILES string of the molecule is CCNC(=O)CCNCCn1cc(C(=O)O)nn1. The number of carbonyl (C=O) groups excluding carboxylic acids is 1. The lowest BCUT2D eigenvalue weighted by atomic mass is 10.4.